The number of anilines is 3. The van der Waals surface area contributed by atoms with Crippen LogP contribution in [-0.4, -0.2) is 13.8 Å². The first-order valence-corrected chi connectivity index (χ1v) is 28.4. The molecule has 1 aliphatic heterocycles. The van der Waals surface area contributed by atoms with Gasteiger partial charge in [0, 0.05) is 39.1 Å². The molecule has 3 aliphatic carbocycles. The number of rotatable bonds is 14. The Morgan fingerprint density at radius 3 is 2.23 bits per heavy atom. The molecular weight excluding hydrogens is 900 g/mol. The zero-order valence-electron chi connectivity index (χ0n) is 47.4. The summed E-state index contributed by atoms with van der Waals surface area (Å²) in [5, 5.41) is 1.34. The van der Waals surface area contributed by atoms with Crippen LogP contribution in [0.5, 0.6) is 0 Å². The van der Waals surface area contributed by atoms with Crippen molar-refractivity contribution in [3.05, 3.63) is 202 Å². The number of hydrogen-bond acceptors (Lipinski definition) is 3. The highest BCUT2D eigenvalue weighted by Crippen LogP contribution is 2.51. The molecule has 2 heterocycles. The van der Waals surface area contributed by atoms with Gasteiger partial charge in [-0.25, -0.2) is 0 Å². The second kappa shape index (κ2) is 21.1. The van der Waals surface area contributed by atoms with Crippen LogP contribution in [-0.2, 0) is 22.7 Å². The van der Waals surface area contributed by atoms with E-state index < -0.39 is 0 Å². The Morgan fingerprint density at radius 1 is 0.849 bits per heavy atom. The van der Waals surface area contributed by atoms with Crippen molar-refractivity contribution in [1.82, 2.24) is 0 Å². The fourth-order valence-corrected chi connectivity index (χ4v) is 13.3. The predicted molar refractivity (Wildman–Crippen MR) is 324 cm³/mol. The van der Waals surface area contributed by atoms with Gasteiger partial charge < -0.3 is 9.80 Å². The number of fused-ring (bicyclic) bond motifs is 7. The Morgan fingerprint density at radius 2 is 1.55 bits per heavy atom. The molecule has 0 amide bonds. The van der Waals surface area contributed by atoms with E-state index >= 15 is 0 Å². The molecule has 1 radical (unpaired) electrons. The molecule has 381 valence electrons. The Kier molecular flexibility index (Phi) is 15.6. The van der Waals surface area contributed by atoms with Gasteiger partial charge in [0.2, 0.25) is 7.28 Å². The van der Waals surface area contributed by atoms with Crippen molar-refractivity contribution < 1.29 is 0 Å². The third-order valence-electron chi connectivity index (χ3n) is 17.3. The van der Waals surface area contributed by atoms with Crippen molar-refractivity contribution in [2.75, 3.05) is 16.3 Å². The lowest BCUT2D eigenvalue weighted by Crippen LogP contribution is -2.33. The lowest BCUT2D eigenvalue weighted by Gasteiger charge is -2.42. The summed E-state index contributed by atoms with van der Waals surface area (Å²) in [6.45, 7) is 47.7. The van der Waals surface area contributed by atoms with Gasteiger partial charge in [-0.15, -0.1) is 11.3 Å². The molecule has 0 fully saturated rings. The SMILES string of the molecule is C=C/C=C\C(=C)C(=C)/C(=C\C1=CC(C)(C)CCC1C)N1/C(C)=C(/C=C2\Cc3ccccc3C2(C)C)[B]c2sc3cc4c(cc3c2N(C/C=C\C(=C/C)C(C)CCC(C)C)c2cccc1c2)C(C)(C)CCC4(C)C. The smallest absolute Gasteiger partial charge is 0.210 e. The quantitative estimate of drug-likeness (QED) is 0.0918. The van der Waals surface area contributed by atoms with Gasteiger partial charge >= 0.3 is 0 Å². The molecule has 1 aromatic heterocycles. The molecule has 2 nitrogen and oxygen atoms in total. The maximum atomic E-state index is 4.91. The summed E-state index contributed by atoms with van der Waals surface area (Å²) in [5.74, 6) is 1.57. The van der Waals surface area contributed by atoms with E-state index in [1.54, 1.807) is 0 Å². The molecule has 4 aromatic rings. The van der Waals surface area contributed by atoms with Crippen molar-refractivity contribution in [3.8, 4) is 0 Å². The third kappa shape index (κ3) is 11.1. The zero-order chi connectivity index (χ0) is 52.8. The van der Waals surface area contributed by atoms with Gasteiger partial charge in [0.05, 0.1) is 11.4 Å². The topological polar surface area (TPSA) is 6.48 Å². The van der Waals surface area contributed by atoms with Crippen molar-refractivity contribution in [2.45, 2.75) is 158 Å². The molecule has 0 saturated heterocycles. The van der Waals surface area contributed by atoms with E-state index in [1.807, 2.05) is 23.5 Å². The fraction of sp³-hybridized carbons (Fsp3) is 0.420. The Balaban J connectivity index is 1.45. The van der Waals surface area contributed by atoms with Crippen LogP contribution in [0.4, 0.5) is 17.1 Å². The Bertz CT molecular complexity index is 3030. The maximum Gasteiger partial charge on any atom is 0.210 e. The van der Waals surface area contributed by atoms with Crippen LogP contribution >= 0.6 is 11.3 Å². The van der Waals surface area contributed by atoms with E-state index in [0.717, 1.165) is 59.7 Å². The second-order valence-electron chi connectivity index (χ2n) is 25.0. The minimum absolute atomic E-state index is 0.0667. The monoisotopic (exact) mass is 986 g/mol. The van der Waals surface area contributed by atoms with E-state index in [4.69, 9.17) is 6.58 Å². The van der Waals surface area contributed by atoms with Crippen LogP contribution in [0.2, 0.25) is 0 Å². The second-order valence-corrected chi connectivity index (χ2v) is 26.1. The van der Waals surface area contributed by atoms with Crippen LogP contribution in [0.3, 0.4) is 0 Å². The lowest BCUT2D eigenvalue weighted by molar-refractivity contribution is 0.332. The fourth-order valence-electron chi connectivity index (χ4n) is 12.1. The predicted octanol–water partition coefficient (Wildman–Crippen LogP) is 18.9. The van der Waals surface area contributed by atoms with Crippen LogP contribution in [0, 0.1) is 23.2 Å². The molecule has 4 heteroatoms. The number of benzene rings is 3. The minimum Gasteiger partial charge on any atom is -0.337 e. The van der Waals surface area contributed by atoms with Gasteiger partial charge in [-0.3, -0.25) is 0 Å². The standard InChI is InChI=1S/C69H86BN2S/c1-18-20-25-46(5)49(8)62(39-53-44-66(10,11)34-33-48(53)7)72-50(9)61(40-54-38-52-26-21-22-30-58(52)69(54,16)17)70-65-64(57-42-59-60(43-63(57)73-65)68(14,15)36-35-67(59,12)13)71(55-28-23-29-56(72)41-55)37-24-27-51(19-2)47(6)32-31-45(3)4/h18-30,39-45,47-48H,1,5,8,31-38H2,2-4,6-7,9-17H3/b25-20-,27-24-,51-19+,54-40+,61-50-,62-39+. The highest BCUT2D eigenvalue weighted by Gasteiger charge is 2.39. The number of nitrogens with zero attached hydrogens (tertiary/aromatic N) is 2. The molecule has 0 N–H and O–H groups in total. The van der Waals surface area contributed by atoms with Gasteiger partial charge in [0.25, 0.3) is 0 Å². The third-order valence-corrected chi connectivity index (χ3v) is 18.4. The summed E-state index contributed by atoms with van der Waals surface area (Å²) in [5.41, 5.74) is 18.8. The van der Waals surface area contributed by atoms with Crippen LogP contribution in [0.15, 0.2) is 180 Å². The highest BCUT2D eigenvalue weighted by atomic mass is 32.1. The zero-order valence-corrected chi connectivity index (χ0v) is 48.2. The van der Waals surface area contributed by atoms with E-state index in [-0.39, 0.29) is 21.7 Å². The molecule has 73 heavy (non-hydrogen) atoms. The average molecular weight is 986 g/mol. The Hall–Kier alpha value is -5.32. The lowest BCUT2D eigenvalue weighted by atomic mass is 9.62. The molecule has 2 unspecified atom stereocenters. The first kappa shape index (κ1) is 54.0. The summed E-state index contributed by atoms with van der Waals surface area (Å²) >= 11 is 1.96. The largest absolute Gasteiger partial charge is 0.337 e. The summed E-state index contributed by atoms with van der Waals surface area (Å²) < 4.78 is 2.62. The summed E-state index contributed by atoms with van der Waals surface area (Å²) in [6.07, 6.45) is 28.5. The molecule has 2 bridgehead atoms. The molecule has 2 atom stereocenters. The van der Waals surface area contributed by atoms with Crippen molar-refractivity contribution in [3.63, 3.8) is 0 Å². The first-order valence-electron chi connectivity index (χ1n) is 27.6. The highest BCUT2D eigenvalue weighted by molar-refractivity contribution is 7.29. The van der Waals surface area contributed by atoms with Crippen molar-refractivity contribution >= 4 is 50.5 Å². The van der Waals surface area contributed by atoms with E-state index in [1.165, 1.54) is 90.7 Å². The molecule has 3 aromatic carbocycles. The van der Waals surface area contributed by atoms with Crippen LogP contribution in [0.1, 0.15) is 158 Å². The average Bonchev–Trinajstić information content (AvgIpc) is 3.82. The Labute approximate surface area is 447 Å². The van der Waals surface area contributed by atoms with E-state index in [0.29, 0.717) is 17.8 Å². The molecule has 0 saturated carbocycles. The summed E-state index contributed by atoms with van der Waals surface area (Å²) in [6, 6.07) is 23.6. The normalized spacial score (nSPS) is 22.3. The molecule has 8 rings (SSSR count). The van der Waals surface area contributed by atoms with Gasteiger partial charge in [0.1, 0.15) is 0 Å². The van der Waals surface area contributed by atoms with Gasteiger partial charge in [-0.1, -0.05) is 199 Å². The molecule has 0 spiro atoms. The van der Waals surface area contributed by atoms with Gasteiger partial charge in [0.15, 0.2) is 0 Å². The molecular formula is C69H86BN2S. The number of thiophene rings is 1. The van der Waals surface area contributed by atoms with Crippen LogP contribution < -0.4 is 14.6 Å². The molecule has 4 aliphatic rings. The van der Waals surface area contributed by atoms with Gasteiger partial charge in [-0.2, -0.15) is 0 Å². The first-order chi connectivity index (χ1) is 34.5. The van der Waals surface area contributed by atoms with Crippen molar-refractivity contribution in [1.29, 1.82) is 0 Å². The van der Waals surface area contributed by atoms with Crippen LogP contribution in [0.25, 0.3) is 10.1 Å². The van der Waals surface area contributed by atoms with Gasteiger partial charge in [-0.05, 0) is 172 Å². The number of allylic oxidation sites excluding steroid dienone is 14. The van der Waals surface area contributed by atoms with E-state index in [9.17, 15) is 0 Å². The van der Waals surface area contributed by atoms with E-state index in [2.05, 4.69) is 230 Å². The van der Waals surface area contributed by atoms with Crippen molar-refractivity contribution in [2.24, 2.45) is 23.2 Å². The summed E-state index contributed by atoms with van der Waals surface area (Å²) in [7, 11) is 2.55. The summed E-state index contributed by atoms with van der Waals surface area (Å²) in [4.78, 5) is 5.14. The maximum absolute atomic E-state index is 4.91. The minimum atomic E-state index is -0.148. The number of hydrogen-bond donors (Lipinski definition) is 0.